The second-order valence-electron chi connectivity index (χ2n) is 1.31. The van der Waals surface area contributed by atoms with Crippen LogP contribution >= 0.6 is 11.9 Å². The first-order chi connectivity index (χ1) is 3.80. The Balaban J connectivity index is 2.60. The van der Waals surface area contributed by atoms with Crippen LogP contribution in [0.3, 0.4) is 0 Å². The fourth-order valence-corrected chi connectivity index (χ4v) is 0.902. The number of amides is 1. The van der Waals surface area contributed by atoms with Gasteiger partial charge in [0, 0.05) is 11.8 Å². The SMILES string of the molecule is O=C1C=CCSN1O. The highest BCUT2D eigenvalue weighted by molar-refractivity contribution is 7.97. The van der Waals surface area contributed by atoms with Crippen LogP contribution in [0.2, 0.25) is 0 Å². The lowest BCUT2D eigenvalue weighted by molar-refractivity contribution is -0.139. The Bertz CT molecular complexity index is 134. The quantitative estimate of drug-likeness (QED) is 0.382. The van der Waals surface area contributed by atoms with Crippen molar-refractivity contribution >= 4 is 17.9 Å². The smallest absolute Gasteiger partial charge is 0.275 e. The summed E-state index contributed by atoms with van der Waals surface area (Å²) in [6.07, 6.45) is 3.05. The van der Waals surface area contributed by atoms with E-state index >= 15 is 0 Å². The topological polar surface area (TPSA) is 40.5 Å². The van der Waals surface area contributed by atoms with Crippen LogP contribution in [0.4, 0.5) is 0 Å². The molecule has 4 heteroatoms. The van der Waals surface area contributed by atoms with Crippen molar-refractivity contribution in [1.29, 1.82) is 0 Å². The van der Waals surface area contributed by atoms with Crippen molar-refractivity contribution in [3.63, 3.8) is 0 Å². The summed E-state index contributed by atoms with van der Waals surface area (Å²) in [5, 5.41) is 8.57. The fraction of sp³-hybridized carbons (Fsp3) is 0.250. The predicted octanol–water partition coefficient (Wildman–Crippen LogP) is 0.422. The van der Waals surface area contributed by atoms with Gasteiger partial charge in [-0.3, -0.25) is 10.0 Å². The fourth-order valence-electron chi connectivity index (χ4n) is 0.390. The molecular weight excluding hydrogens is 126 g/mol. The molecule has 0 aliphatic carbocycles. The van der Waals surface area contributed by atoms with Gasteiger partial charge in [-0.25, -0.2) is 0 Å². The molecule has 8 heavy (non-hydrogen) atoms. The molecule has 1 N–H and O–H groups in total. The Morgan fingerprint density at radius 3 is 3.00 bits per heavy atom. The number of hydrogen-bond acceptors (Lipinski definition) is 3. The Hall–Kier alpha value is -0.480. The molecule has 0 fully saturated rings. The maximum absolute atomic E-state index is 10.4. The van der Waals surface area contributed by atoms with E-state index in [1.165, 1.54) is 6.08 Å². The third-order valence-corrected chi connectivity index (χ3v) is 1.51. The molecule has 0 aromatic heterocycles. The van der Waals surface area contributed by atoms with Crippen molar-refractivity contribution in [1.82, 2.24) is 4.47 Å². The molecule has 1 heterocycles. The zero-order chi connectivity index (χ0) is 5.98. The summed E-state index contributed by atoms with van der Waals surface area (Å²) in [5.41, 5.74) is 0. The second kappa shape index (κ2) is 2.19. The largest absolute Gasteiger partial charge is 0.280 e. The summed E-state index contributed by atoms with van der Waals surface area (Å²) in [6.45, 7) is 0. The monoisotopic (exact) mass is 131 g/mol. The molecule has 0 spiro atoms. The van der Waals surface area contributed by atoms with E-state index in [1.807, 2.05) is 0 Å². The highest BCUT2D eigenvalue weighted by Gasteiger charge is 2.09. The van der Waals surface area contributed by atoms with Crippen LogP contribution in [-0.4, -0.2) is 21.3 Å². The average molecular weight is 131 g/mol. The Labute approximate surface area is 51.1 Å². The van der Waals surface area contributed by atoms with Crippen LogP contribution in [0.15, 0.2) is 12.2 Å². The first kappa shape index (κ1) is 5.65. The molecular formula is C4H5NO2S. The number of rotatable bonds is 0. The number of nitrogens with zero attached hydrogens (tertiary/aromatic N) is 1. The van der Waals surface area contributed by atoms with E-state index in [9.17, 15) is 4.79 Å². The summed E-state index contributed by atoms with van der Waals surface area (Å²) < 4.78 is 0.625. The molecule has 0 bridgehead atoms. The van der Waals surface area contributed by atoms with Crippen LogP contribution < -0.4 is 0 Å². The van der Waals surface area contributed by atoms with Crippen LogP contribution in [-0.2, 0) is 4.79 Å². The molecule has 0 radical (unpaired) electrons. The van der Waals surface area contributed by atoms with E-state index in [0.29, 0.717) is 10.2 Å². The van der Waals surface area contributed by atoms with Gasteiger partial charge in [-0.05, 0) is 11.9 Å². The Morgan fingerprint density at radius 2 is 2.62 bits per heavy atom. The van der Waals surface area contributed by atoms with Gasteiger partial charge in [0.25, 0.3) is 5.91 Å². The highest BCUT2D eigenvalue weighted by atomic mass is 32.2. The normalized spacial score (nSPS) is 19.6. The summed E-state index contributed by atoms with van der Waals surface area (Å²) >= 11 is 1.08. The Kier molecular flexibility index (Phi) is 1.55. The lowest BCUT2D eigenvalue weighted by atomic mass is 10.5. The number of carbonyl (C=O) groups excluding carboxylic acids is 1. The minimum absolute atomic E-state index is 0.360. The summed E-state index contributed by atoms with van der Waals surface area (Å²) in [4.78, 5) is 10.4. The first-order valence-electron chi connectivity index (χ1n) is 2.13. The molecule has 0 unspecified atom stereocenters. The van der Waals surface area contributed by atoms with E-state index < -0.39 is 0 Å². The third-order valence-electron chi connectivity index (χ3n) is 0.742. The van der Waals surface area contributed by atoms with E-state index in [2.05, 4.69) is 0 Å². The van der Waals surface area contributed by atoms with E-state index in [1.54, 1.807) is 6.08 Å². The number of hydrogen-bond donors (Lipinski definition) is 1. The number of carbonyl (C=O) groups is 1. The molecule has 1 rings (SSSR count). The van der Waals surface area contributed by atoms with Gasteiger partial charge in [0.2, 0.25) is 0 Å². The van der Waals surface area contributed by atoms with Gasteiger partial charge in [0.1, 0.15) is 0 Å². The van der Waals surface area contributed by atoms with Crippen LogP contribution in [0.1, 0.15) is 0 Å². The molecule has 1 amide bonds. The molecule has 0 atom stereocenters. The van der Waals surface area contributed by atoms with E-state index in [-0.39, 0.29) is 5.91 Å². The van der Waals surface area contributed by atoms with Crippen LogP contribution in [0.25, 0.3) is 0 Å². The zero-order valence-electron chi connectivity index (χ0n) is 4.07. The van der Waals surface area contributed by atoms with Gasteiger partial charge >= 0.3 is 0 Å². The van der Waals surface area contributed by atoms with Crippen LogP contribution in [0, 0.1) is 0 Å². The highest BCUT2D eigenvalue weighted by Crippen LogP contribution is 2.11. The maximum Gasteiger partial charge on any atom is 0.280 e. The van der Waals surface area contributed by atoms with Gasteiger partial charge in [0.15, 0.2) is 0 Å². The molecule has 0 aromatic carbocycles. The standard InChI is InChI=1S/C4H5NO2S/c6-4-2-1-3-8-5(4)7/h1-2,7H,3H2. The average Bonchev–Trinajstić information content (AvgIpc) is 1.77. The molecule has 0 saturated heterocycles. The molecule has 3 nitrogen and oxygen atoms in total. The van der Waals surface area contributed by atoms with E-state index in [4.69, 9.17) is 5.21 Å². The third kappa shape index (κ3) is 1.02. The van der Waals surface area contributed by atoms with Crippen molar-refractivity contribution < 1.29 is 10.0 Å². The number of hydroxylamine groups is 1. The summed E-state index contributed by atoms with van der Waals surface area (Å²) in [5.74, 6) is 0.309. The lowest BCUT2D eigenvalue weighted by Gasteiger charge is -2.12. The van der Waals surface area contributed by atoms with Gasteiger partial charge in [-0.1, -0.05) is 6.08 Å². The Morgan fingerprint density at radius 1 is 1.88 bits per heavy atom. The molecule has 0 saturated carbocycles. The van der Waals surface area contributed by atoms with Gasteiger partial charge in [0.05, 0.1) is 0 Å². The second-order valence-corrected chi connectivity index (χ2v) is 2.25. The predicted molar refractivity (Wildman–Crippen MR) is 30.2 cm³/mol. The minimum atomic E-state index is -0.360. The lowest BCUT2D eigenvalue weighted by Crippen LogP contribution is -2.20. The van der Waals surface area contributed by atoms with Gasteiger partial charge < -0.3 is 0 Å². The molecule has 1 aliphatic heterocycles. The zero-order valence-corrected chi connectivity index (χ0v) is 4.89. The summed E-state index contributed by atoms with van der Waals surface area (Å²) in [7, 11) is 0. The first-order valence-corrected chi connectivity index (χ1v) is 3.07. The van der Waals surface area contributed by atoms with Crippen molar-refractivity contribution in [2.24, 2.45) is 0 Å². The van der Waals surface area contributed by atoms with Crippen LogP contribution in [0.5, 0.6) is 0 Å². The van der Waals surface area contributed by atoms with Crippen molar-refractivity contribution in [2.75, 3.05) is 5.75 Å². The van der Waals surface area contributed by atoms with Crippen molar-refractivity contribution in [3.05, 3.63) is 12.2 Å². The van der Waals surface area contributed by atoms with Gasteiger partial charge in [-0.2, -0.15) is 4.47 Å². The van der Waals surface area contributed by atoms with Gasteiger partial charge in [-0.15, -0.1) is 0 Å². The molecule has 1 aliphatic rings. The maximum atomic E-state index is 10.4. The molecule has 0 aromatic rings. The molecule has 44 valence electrons. The van der Waals surface area contributed by atoms with E-state index in [0.717, 1.165) is 11.9 Å². The minimum Gasteiger partial charge on any atom is -0.275 e. The van der Waals surface area contributed by atoms with Crippen molar-refractivity contribution in [3.8, 4) is 0 Å². The van der Waals surface area contributed by atoms with Crippen molar-refractivity contribution in [2.45, 2.75) is 0 Å². The summed E-state index contributed by atoms with van der Waals surface area (Å²) in [6, 6.07) is 0.